The largest absolute Gasteiger partial charge is 0.494 e. The number of H-pyrrole nitrogens is 1. The maximum Gasteiger partial charge on any atom is 0.494 e. The zero-order valence-electron chi connectivity index (χ0n) is 77.0. The van der Waals surface area contributed by atoms with Crippen molar-refractivity contribution in [2.75, 3.05) is 22.9 Å². The third-order valence-electron chi connectivity index (χ3n) is 26.2. The summed E-state index contributed by atoms with van der Waals surface area (Å²) < 4.78 is 75.0. The van der Waals surface area contributed by atoms with Gasteiger partial charge in [-0.15, -0.1) is 45.3 Å². The summed E-state index contributed by atoms with van der Waals surface area (Å²) in [7, 11) is 3.03. The van der Waals surface area contributed by atoms with E-state index in [2.05, 4.69) is 64.4 Å². The van der Waals surface area contributed by atoms with Gasteiger partial charge >= 0.3 is 18.5 Å². The molecule has 4 aromatic carbocycles. The first-order valence-corrected chi connectivity index (χ1v) is 49.1. The number of nitro groups is 2. The molecule has 9 N–H and O–H groups in total. The van der Waals surface area contributed by atoms with Crippen molar-refractivity contribution in [1.29, 1.82) is 0 Å². The van der Waals surface area contributed by atoms with Crippen LogP contribution >= 0.6 is 56.9 Å². The lowest BCUT2D eigenvalue weighted by Crippen LogP contribution is -2.41. The number of nitrogens with zero attached hydrogens (tertiary/aromatic N) is 15. The molecule has 5 fully saturated rings. The smallest absolute Gasteiger partial charge is 0.399 e. The third kappa shape index (κ3) is 20.2. The molecule has 4 amide bonds. The Morgan fingerprint density at radius 1 is 0.475 bits per heavy atom. The first-order chi connectivity index (χ1) is 67.6. The summed E-state index contributed by atoms with van der Waals surface area (Å²) >= 11 is 11.9. The van der Waals surface area contributed by atoms with Gasteiger partial charge in [0, 0.05) is 157 Å². The Balaban J connectivity index is 0.000000113. The number of halogens is 5. The van der Waals surface area contributed by atoms with Crippen molar-refractivity contribution in [3.63, 3.8) is 0 Å². The summed E-state index contributed by atoms with van der Waals surface area (Å²) in [6, 6.07) is 34.5. The third-order valence-corrected chi connectivity index (χ3v) is 31.8. The highest BCUT2D eigenvalue weighted by Crippen LogP contribution is 2.51. The molecule has 31 nitrogen and oxygen atoms in total. The number of nitrogen functional groups attached to an aromatic ring is 4. The molecule has 0 atom stereocenters. The zero-order valence-corrected chi connectivity index (χ0v) is 81.0. The average Bonchev–Trinajstić information content (AvgIpc) is 1.65. The highest BCUT2D eigenvalue weighted by molar-refractivity contribution is 7.15. The quantitative estimate of drug-likeness (QED) is 0.0155. The fraction of sp³-hybridized carbons (Fsp3) is 0.280. The van der Waals surface area contributed by atoms with Crippen molar-refractivity contribution in [3.8, 4) is 44.8 Å². The number of pyridine rings is 4. The first kappa shape index (κ1) is 95.6. The average molecular weight is 2000 g/mol. The van der Waals surface area contributed by atoms with Gasteiger partial charge < -0.3 is 56.8 Å². The number of nitrogens with one attached hydrogen (secondary N) is 1. The maximum absolute atomic E-state index is 15.2. The van der Waals surface area contributed by atoms with Gasteiger partial charge in [0.25, 0.3) is 23.6 Å². The zero-order chi connectivity index (χ0) is 99.1. The Hall–Kier alpha value is -14.3. The molecule has 141 heavy (non-hydrogen) atoms. The summed E-state index contributed by atoms with van der Waals surface area (Å²) in [6.07, 6.45) is 23.2. The van der Waals surface area contributed by atoms with E-state index in [9.17, 15) is 57.4 Å². The Morgan fingerprint density at radius 2 is 0.844 bits per heavy atom. The number of benzene rings is 4. The lowest BCUT2D eigenvalue weighted by atomic mass is 9.78. The monoisotopic (exact) mass is 2000 g/mol. The second kappa shape index (κ2) is 38.7. The van der Waals surface area contributed by atoms with E-state index in [1.807, 2.05) is 59.1 Å². The molecule has 4 saturated carbocycles. The second-order valence-electron chi connectivity index (χ2n) is 37.0. The summed E-state index contributed by atoms with van der Waals surface area (Å²) in [6.45, 7) is 11.0. The highest BCUT2D eigenvalue weighted by Gasteiger charge is 2.52. The number of imidazole rings is 1. The Morgan fingerprint density at radius 3 is 1.21 bits per heavy atom. The van der Waals surface area contributed by atoms with Crippen molar-refractivity contribution in [1.82, 2.24) is 69.1 Å². The molecule has 0 bridgehead atoms. The van der Waals surface area contributed by atoms with Crippen molar-refractivity contribution in [2.24, 2.45) is 14.1 Å². The molecule has 4 aliphatic carbocycles. The fourth-order valence-electron chi connectivity index (χ4n) is 17.2. The molecule has 720 valence electrons. The van der Waals surface area contributed by atoms with Gasteiger partial charge in [0.05, 0.1) is 80.8 Å². The molecule has 0 unspecified atom stereocenters. The minimum atomic E-state index is -0.662. The van der Waals surface area contributed by atoms with Gasteiger partial charge in [-0.3, -0.25) is 53.6 Å². The van der Waals surface area contributed by atoms with Crippen LogP contribution in [-0.4, -0.2) is 127 Å². The number of hydrogen-bond acceptors (Lipinski definition) is 26. The van der Waals surface area contributed by atoms with Crippen LogP contribution in [0.3, 0.4) is 0 Å². The molecular formula is C100H92BClF4N20O11S4. The first-order valence-electron chi connectivity index (χ1n) is 45.4. The minimum absolute atomic E-state index is 0.00142. The van der Waals surface area contributed by atoms with Crippen molar-refractivity contribution >= 4 is 145 Å². The van der Waals surface area contributed by atoms with Crippen LogP contribution in [0.5, 0.6) is 0 Å². The molecule has 5 aliphatic heterocycles. The fourth-order valence-corrected chi connectivity index (χ4v) is 22.7. The number of fused-ring (bicyclic) bond motifs is 5. The van der Waals surface area contributed by atoms with Gasteiger partial charge in [-0.2, -0.15) is 10.2 Å². The van der Waals surface area contributed by atoms with Gasteiger partial charge in [-0.25, -0.2) is 42.5 Å². The van der Waals surface area contributed by atoms with E-state index in [1.165, 1.54) is 126 Å². The van der Waals surface area contributed by atoms with Crippen molar-refractivity contribution in [3.05, 3.63) is 309 Å². The van der Waals surface area contributed by atoms with E-state index in [4.69, 9.17) is 43.8 Å². The van der Waals surface area contributed by atoms with E-state index in [0.29, 0.717) is 117 Å². The van der Waals surface area contributed by atoms with Gasteiger partial charge in [-0.05, 0) is 220 Å². The van der Waals surface area contributed by atoms with E-state index in [1.54, 1.807) is 149 Å². The predicted octanol–water partition coefficient (Wildman–Crippen LogP) is 19.6. The summed E-state index contributed by atoms with van der Waals surface area (Å²) in [5.41, 5.74) is 34.1. The topological polar surface area (TPSA) is 423 Å². The van der Waals surface area contributed by atoms with Gasteiger partial charge in [0.1, 0.15) is 39.9 Å². The number of amides is 4. The summed E-state index contributed by atoms with van der Waals surface area (Å²) in [5.74, 6) is 1.47. The summed E-state index contributed by atoms with van der Waals surface area (Å²) in [5, 5.41) is 29.5. The number of anilines is 4. The molecule has 16 heterocycles. The molecular weight excluding hydrogens is 1910 g/mol. The number of hydrogen-bond donors (Lipinski definition) is 5. The Bertz CT molecular complexity index is 7490. The maximum atomic E-state index is 15.2. The van der Waals surface area contributed by atoms with Crippen LogP contribution in [0.25, 0.3) is 55.9 Å². The molecule has 15 aromatic rings. The van der Waals surface area contributed by atoms with Gasteiger partial charge in [0.2, 0.25) is 11.6 Å². The van der Waals surface area contributed by atoms with E-state index in [-0.39, 0.29) is 107 Å². The number of rotatable bonds is 20. The van der Waals surface area contributed by atoms with E-state index in [0.717, 1.165) is 70.3 Å². The number of aryl methyl sites for hydroxylation is 2. The Kier molecular flexibility index (Phi) is 26.3. The normalized spacial score (nSPS) is 16.1. The highest BCUT2D eigenvalue weighted by atomic mass is 35.5. The number of aromatic nitrogens is 10. The van der Waals surface area contributed by atoms with Crippen LogP contribution in [0.1, 0.15) is 216 Å². The molecule has 1 saturated heterocycles. The van der Waals surface area contributed by atoms with Crippen molar-refractivity contribution in [2.45, 2.75) is 166 Å². The molecule has 24 rings (SSSR count). The predicted molar refractivity (Wildman–Crippen MR) is 531 cm³/mol. The van der Waals surface area contributed by atoms with Crippen LogP contribution in [0.4, 0.5) is 52.1 Å². The minimum Gasteiger partial charge on any atom is -0.399 e. The van der Waals surface area contributed by atoms with Crippen LogP contribution in [0, 0.1) is 43.5 Å². The number of aldehydes is 1. The molecule has 9 aliphatic rings. The van der Waals surface area contributed by atoms with Crippen LogP contribution < -0.4 is 28.4 Å². The van der Waals surface area contributed by atoms with Crippen LogP contribution in [0.2, 0.25) is 5.02 Å². The number of thiophene rings is 4. The number of carbonyl (C=O) groups is 5. The molecule has 0 spiro atoms. The molecule has 41 heteroatoms. The van der Waals surface area contributed by atoms with E-state index < -0.39 is 34.0 Å². The van der Waals surface area contributed by atoms with Gasteiger partial charge in [-0.1, -0.05) is 60.1 Å². The lowest BCUT2D eigenvalue weighted by Gasteiger charge is -2.32. The number of aromatic amines is 1. The van der Waals surface area contributed by atoms with E-state index >= 15 is 4.39 Å². The lowest BCUT2D eigenvalue weighted by molar-refractivity contribution is -0.384. The Labute approximate surface area is 826 Å². The van der Waals surface area contributed by atoms with Crippen LogP contribution in [-0.2, 0) is 75.8 Å². The number of carbonyl (C=O) groups excluding carboxylic acids is 5. The number of nitrogens with two attached hydrogens (primary N) is 4. The van der Waals surface area contributed by atoms with Crippen molar-refractivity contribution < 1.29 is 60.7 Å². The molecule has 0 radical (unpaired) electrons. The standard InChI is InChI=1S/C26H21FN6OS.C22H25BFNO3S.C21H17FN4O3S.C21H19FN4OS.C5H4ClN3O2.C5H6N2O/c1-32-11-18(10-29-32)24-30-22-19(6-7-28-25(22)31-24)15-4-5-16(20(27)8-15)12-33-13-17-9-21(14-2-3-14)35-23(17)26(33)34;1-21(2)22(3,4)28-23(27-21)16-8-7-14(17(24)10-16)11-25-12-15-9-18(13-5-6-13)29-19(15)20(25)26;22-16-7-12(15-5-6-24-20(23)18(15)26(28)29)3-4-13(16)9-25-10-14-8-17(11-1-2-11)30-19(14)21(25)27;22-16-7-12(15-5-6-25-20(24)18(15)23)3-4-13(16)9-26-10-14-8-17(11-1-2-11)28-19(14)21(26)27;6-3-1-2-8-5(7)4(3)9(10)11;1-7-3-5(4-8)2-6-7/h4-11,14H,2-3,12-13H2,1H3,(H,28,30,31);7-10,13H,5-6,11-12H2,1-4H3;3-8,11H,1-2,9-10H2,(H2,23,24);3-8,11H,1-2,9-10,23H2,(H2,24,25);1-2H,(H2,7,8);2-4H,1H3. The van der Waals surface area contributed by atoms with Crippen LogP contribution in [0.15, 0.2) is 171 Å². The second-order valence-corrected chi connectivity index (χ2v) is 41.8. The summed E-state index contributed by atoms with van der Waals surface area (Å²) in [4.78, 5) is 120. The van der Waals surface area contributed by atoms with Gasteiger partial charge in [0.15, 0.2) is 11.9 Å². The SMILES string of the molecule is CC1(C)OB(c2ccc(CN3Cc4cc(C5CC5)sc4C3=O)c(F)c2)OC1(C)C.Cn1cc(-c2nc3nccc(-c4ccc(CN5Cc6cc(C7CC7)sc6C5=O)c(F)c4)c3[nH]2)cn1.Cn1cc(C=O)cn1.Nc1nccc(-c2ccc(CN3Cc4cc(C5CC5)sc4C3=O)c(F)c2)c1N.Nc1nccc(-c2ccc(CN3Cc4cc(C5CC5)sc4C3=O)c(F)c2)c1[N+](=O)[O-].Nc1nccc(Cl)c1[N+](=O)[O-]. The molecule has 11 aromatic heterocycles.